The van der Waals surface area contributed by atoms with Crippen LogP contribution in [0.1, 0.15) is 47.5 Å². The van der Waals surface area contributed by atoms with E-state index in [4.69, 9.17) is 4.74 Å². The zero-order valence-electron chi connectivity index (χ0n) is 14.7. The first-order chi connectivity index (χ1) is 12.3. The van der Waals surface area contributed by atoms with Gasteiger partial charge in [-0.15, -0.1) is 11.3 Å². The van der Waals surface area contributed by atoms with Gasteiger partial charge in [0, 0.05) is 17.0 Å². The van der Waals surface area contributed by atoms with Crippen molar-refractivity contribution >= 4 is 17.2 Å². The van der Waals surface area contributed by atoms with E-state index < -0.39 is 0 Å². The fraction of sp³-hybridized carbons (Fsp3) is 0.450. The summed E-state index contributed by atoms with van der Waals surface area (Å²) in [6.07, 6.45) is 3.47. The van der Waals surface area contributed by atoms with Crippen LogP contribution in [-0.4, -0.2) is 37.0 Å². The first kappa shape index (κ1) is 18.0. The lowest BCUT2D eigenvalue weighted by Crippen LogP contribution is -2.36. The van der Waals surface area contributed by atoms with Gasteiger partial charge in [0.25, 0.3) is 5.91 Å². The molecule has 1 N–H and O–H groups in total. The van der Waals surface area contributed by atoms with Gasteiger partial charge in [-0.25, -0.2) is 0 Å². The van der Waals surface area contributed by atoms with Crippen molar-refractivity contribution in [1.82, 2.24) is 10.2 Å². The molecule has 3 rings (SSSR count). The monoisotopic (exact) mass is 358 g/mol. The van der Waals surface area contributed by atoms with Gasteiger partial charge >= 0.3 is 0 Å². The molecule has 1 atom stereocenters. The largest absolute Gasteiger partial charge is 0.494 e. The minimum atomic E-state index is -0.0252. The summed E-state index contributed by atoms with van der Waals surface area (Å²) in [5.74, 6) is 0.787. The summed E-state index contributed by atoms with van der Waals surface area (Å²) >= 11 is 1.77. The number of nitrogens with one attached hydrogen (secondary N) is 1. The zero-order chi connectivity index (χ0) is 17.5. The lowest BCUT2D eigenvalue weighted by Gasteiger charge is -2.26. The normalized spacial score (nSPS) is 15.9. The Labute approximate surface area is 153 Å². The van der Waals surface area contributed by atoms with Crippen LogP contribution in [0.3, 0.4) is 0 Å². The molecular formula is C20H26N2O2S. The summed E-state index contributed by atoms with van der Waals surface area (Å²) in [4.78, 5) is 16.3. The van der Waals surface area contributed by atoms with Crippen LogP contribution in [0.25, 0.3) is 0 Å². The molecule has 1 aliphatic rings. The minimum Gasteiger partial charge on any atom is -0.494 e. The van der Waals surface area contributed by atoms with Crippen molar-refractivity contribution in [2.24, 2.45) is 0 Å². The van der Waals surface area contributed by atoms with Gasteiger partial charge in [-0.2, -0.15) is 0 Å². The van der Waals surface area contributed by atoms with E-state index in [9.17, 15) is 4.79 Å². The van der Waals surface area contributed by atoms with Crippen LogP contribution in [0.2, 0.25) is 0 Å². The van der Waals surface area contributed by atoms with E-state index in [-0.39, 0.29) is 11.9 Å². The van der Waals surface area contributed by atoms with Crippen LogP contribution < -0.4 is 10.1 Å². The van der Waals surface area contributed by atoms with E-state index >= 15 is 0 Å². The number of nitrogens with zero attached hydrogens (tertiary/aromatic N) is 1. The molecule has 1 amide bonds. The van der Waals surface area contributed by atoms with Crippen molar-refractivity contribution in [3.8, 4) is 5.75 Å². The maximum atomic E-state index is 12.5. The molecule has 2 aromatic rings. The Hall–Kier alpha value is -1.85. The molecule has 4 nitrogen and oxygen atoms in total. The first-order valence-corrected chi connectivity index (χ1v) is 9.94. The Balaban J connectivity index is 1.59. The van der Waals surface area contributed by atoms with E-state index in [0.717, 1.165) is 25.3 Å². The van der Waals surface area contributed by atoms with Crippen LogP contribution in [0.4, 0.5) is 0 Å². The van der Waals surface area contributed by atoms with Gasteiger partial charge in [0.15, 0.2) is 0 Å². The molecule has 0 aliphatic carbocycles. The van der Waals surface area contributed by atoms with E-state index in [0.29, 0.717) is 18.7 Å². The number of rotatable bonds is 8. The molecule has 134 valence electrons. The van der Waals surface area contributed by atoms with Crippen LogP contribution in [0, 0.1) is 0 Å². The summed E-state index contributed by atoms with van der Waals surface area (Å²) in [5.41, 5.74) is 0.676. The number of thiophene rings is 1. The molecule has 0 unspecified atom stereocenters. The molecule has 1 aromatic heterocycles. The molecule has 1 aromatic carbocycles. The molecule has 25 heavy (non-hydrogen) atoms. The molecule has 1 fully saturated rings. The molecular weight excluding hydrogens is 332 g/mol. The average Bonchev–Trinajstić information content (AvgIpc) is 3.35. The minimum absolute atomic E-state index is 0.0252. The Bertz CT molecular complexity index is 649. The SMILES string of the molecule is CCCOc1ccc(C(=O)NC[C@@H](c2cccs2)N2CCCC2)cc1. The Morgan fingerprint density at radius 2 is 2.00 bits per heavy atom. The topological polar surface area (TPSA) is 41.6 Å². The van der Waals surface area contributed by atoms with Gasteiger partial charge in [0.2, 0.25) is 0 Å². The van der Waals surface area contributed by atoms with Crippen molar-refractivity contribution in [3.63, 3.8) is 0 Å². The van der Waals surface area contributed by atoms with Crippen LogP contribution in [-0.2, 0) is 0 Å². The summed E-state index contributed by atoms with van der Waals surface area (Å²) in [6.45, 7) is 5.65. The fourth-order valence-electron chi connectivity index (χ4n) is 3.16. The van der Waals surface area contributed by atoms with E-state index in [1.165, 1.54) is 17.7 Å². The van der Waals surface area contributed by atoms with Gasteiger partial charge < -0.3 is 10.1 Å². The van der Waals surface area contributed by atoms with Crippen molar-refractivity contribution in [1.29, 1.82) is 0 Å². The van der Waals surface area contributed by atoms with E-state index in [1.54, 1.807) is 11.3 Å². The summed E-state index contributed by atoms with van der Waals surface area (Å²) in [5, 5.41) is 5.22. The molecule has 0 radical (unpaired) electrons. The predicted octanol–water partition coefficient (Wildman–Crippen LogP) is 4.10. The van der Waals surface area contributed by atoms with Crippen molar-refractivity contribution < 1.29 is 9.53 Å². The van der Waals surface area contributed by atoms with Crippen molar-refractivity contribution in [2.45, 2.75) is 32.2 Å². The van der Waals surface area contributed by atoms with E-state index in [1.807, 2.05) is 24.3 Å². The summed E-state index contributed by atoms with van der Waals surface area (Å²) in [7, 11) is 0. The van der Waals surface area contributed by atoms with Crippen LogP contribution in [0.15, 0.2) is 41.8 Å². The van der Waals surface area contributed by atoms with Gasteiger partial charge in [0.05, 0.1) is 12.6 Å². The zero-order valence-corrected chi connectivity index (χ0v) is 15.6. The average molecular weight is 359 g/mol. The number of benzene rings is 1. The second-order valence-electron chi connectivity index (χ2n) is 6.36. The molecule has 2 heterocycles. The lowest BCUT2D eigenvalue weighted by molar-refractivity contribution is 0.0938. The summed E-state index contributed by atoms with van der Waals surface area (Å²) in [6, 6.07) is 11.9. The number of hydrogen-bond donors (Lipinski definition) is 1. The highest BCUT2D eigenvalue weighted by atomic mass is 32.1. The molecule has 1 aliphatic heterocycles. The fourth-order valence-corrected chi connectivity index (χ4v) is 4.02. The van der Waals surface area contributed by atoms with Crippen LogP contribution >= 0.6 is 11.3 Å². The van der Waals surface area contributed by atoms with Gasteiger partial charge in [-0.3, -0.25) is 9.69 Å². The van der Waals surface area contributed by atoms with Crippen molar-refractivity contribution in [3.05, 3.63) is 52.2 Å². The van der Waals surface area contributed by atoms with E-state index in [2.05, 4.69) is 34.7 Å². The highest BCUT2D eigenvalue weighted by Crippen LogP contribution is 2.27. The third kappa shape index (κ3) is 4.83. The number of hydrogen-bond acceptors (Lipinski definition) is 4. The molecule has 0 saturated carbocycles. The Kier molecular flexibility index (Phi) is 6.48. The molecule has 1 saturated heterocycles. The number of ether oxygens (including phenoxy) is 1. The third-order valence-electron chi connectivity index (χ3n) is 4.50. The number of carbonyl (C=O) groups excluding carboxylic acids is 1. The second-order valence-corrected chi connectivity index (χ2v) is 7.34. The third-order valence-corrected chi connectivity index (χ3v) is 5.47. The van der Waals surface area contributed by atoms with Gasteiger partial charge in [-0.05, 0) is 68.1 Å². The highest BCUT2D eigenvalue weighted by Gasteiger charge is 2.24. The predicted molar refractivity (Wildman–Crippen MR) is 102 cm³/mol. The van der Waals surface area contributed by atoms with Crippen molar-refractivity contribution in [2.75, 3.05) is 26.2 Å². The first-order valence-electron chi connectivity index (χ1n) is 9.06. The summed E-state index contributed by atoms with van der Waals surface area (Å²) < 4.78 is 5.57. The lowest BCUT2D eigenvalue weighted by atomic mass is 10.1. The second kappa shape index (κ2) is 9.02. The van der Waals surface area contributed by atoms with Gasteiger partial charge in [-0.1, -0.05) is 13.0 Å². The van der Waals surface area contributed by atoms with Crippen LogP contribution in [0.5, 0.6) is 5.75 Å². The number of likely N-dealkylation sites (tertiary alicyclic amines) is 1. The maximum absolute atomic E-state index is 12.5. The smallest absolute Gasteiger partial charge is 0.251 e. The van der Waals surface area contributed by atoms with Gasteiger partial charge in [0.1, 0.15) is 5.75 Å². The quantitative estimate of drug-likeness (QED) is 0.772. The maximum Gasteiger partial charge on any atom is 0.251 e. The standard InChI is InChI=1S/C20H26N2O2S/c1-2-13-24-17-9-7-16(8-10-17)20(23)21-15-18(19-6-5-14-25-19)22-11-3-4-12-22/h5-10,14,18H,2-4,11-13,15H2,1H3,(H,21,23)/t18-/m0/s1. The molecule has 5 heteroatoms. The Morgan fingerprint density at radius 1 is 1.24 bits per heavy atom. The highest BCUT2D eigenvalue weighted by molar-refractivity contribution is 7.10. The Morgan fingerprint density at radius 3 is 2.64 bits per heavy atom. The molecule has 0 spiro atoms. The molecule has 0 bridgehead atoms. The number of carbonyl (C=O) groups is 1. The number of amides is 1.